The van der Waals surface area contributed by atoms with Crippen molar-refractivity contribution < 1.29 is 9.53 Å². The van der Waals surface area contributed by atoms with Gasteiger partial charge in [0, 0.05) is 32.2 Å². The van der Waals surface area contributed by atoms with Crippen molar-refractivity contribution in [2.75, 3.05) is 20.3 Å². The smallest absolute Gasteiger partial charge is 0.254 e. The molecule has 4 nitrogen and oxygen atoms in total. The predicted molar refractivity (Wildman–Crippen MR) is 62.8 cm³/mol. The van der Waals surface area contributed by atoms with Gasteiger partial charge in [0.1, 0.15) is 0 Å². The Morgan fingerprint density at radius 1 is 1.62 bits per heavy atom. The van der Waals surface area contributed by atoms with Crippen molar-refractivity contribution in [2.24, 2.45) is 0 Å². The highest BCUT2D eigenvalue weighted by molar-refractivity contribution is 6.33. The minimum atomic E-state index is -0.200. The molecular weight excluding hydrogens is 228 g/mol. The van der Waals surface area contributed by atoms with E-state index in [9.17, 15) is 4.79 Å². The Balaban J connectivity index is 2.53. The van der Waals surface area contributed by atoms with E-state index in [1.54, 1.807) is 13.2 Å². The molecule has 0 atom stereocenters. The van der Waals surface area contributed by atoms with E-state index in [4.69, 9.17) is 16.3 Å². The lowest BCUT2D eigenvalue weighted by molar-refractivity contribution is 0.0948. The summed E-state index contributed by atoms with van der Waals surface area (Å²) in [6.45, 7) is 3.02. The molecule has 0 aromatic carbocycles. The van der Waals surface area contributed by atoms with Gasteiger partial charge in [-0.15, -0.1) is 0 Å². The van der Waals surface area contributed by atoms with Crippen LogP contribution in [0.5, 0.6) is 0 Å². The van der Waals surface area contributed by atoms with E-state index in [0.717, 1.165) is 12.1 Å². The molecular formula is C11H15ClN2O2. The predicted octanol–water partition coefficient (Wildman–Crippen LogP) is 1.81. The fourth-order valence-corrected chi connectivity index (χ4v) is 1.50. The highest BCUT2D eigenvalue weighted by Gasteiger charge is 2.09. The highest BCUT2D eigenvalue weighted by Crippen LogP contribution is 2.15. The lowest BCUT2D eigenvalue weighted by Gasteiger charge is -2.06. The average molecular weight is 243 g/mol. The number of halogens is 1. The number of aromatic nitrogens is 1. The number of nitrogens with zero attached hydrogens (tertiary/aromatic N) is 1. The zero-order valence-electron chi connectivity index (χ0n) is 9.42. The van der Waals surface area contributed by atoms with Crippen LogP contribution in [-0.2, 0) is 4.74 Å². The lowest BCUT2D eigenvalue weighted by atomic mass is 10.2. The Morgan fingerprint density at radius 2 is 2.38 bits per heavy atom. The number of carbonyl (C=O) groups is 1. The number of hydrogen-bond donors (Lipinski definition) is 1. The number of pyridine rings is 1. The Labute approximate surface area is 100.0 Å². The van der Waals surface area contributed by atoms with Crippen LogP contribution in [0, 0.1) is 6.92 Å². The molecule has 5 heteroatoms. The van der Waals surface area contributed by atoms with E-state index in [-0.39, 0.29) is 5.91 Å². The second-order valence-corrected chi connectivity index (χ2v) is 3.81. The molecule has 1 rings (SSSR count). The van der Waals surface area contributed by atoms with Gasteiger partial charge in [0.25, 0.3) is 5.91 Å². The molecule has 0 aliphatic rings. The summed E-state index contributed by atoms with van der Waals surface area (Å²) >= 11 is 5.94. The monoisotopic (exact) mass is 242 g/mol. The van der Waals surface area contributed by atoms with Crippen LogP contribution in [0.4, 0.5) is 0 Å². The molecule has 0 radical (unpaired) electrons. The molecule has 1 amide bonds. The molecule has 0 unspecified atom stereocenters. The van der Waals surface area contributed by atoms with Crippen LogP contribution in [0.3, 0.4) is 0 Å². The fourth-order valence-electron chi connectivity index (χ4n) is 1.21. The van der Waals surface area contributed by atoms with Crippen LogP contribution in [-0.4, -0.2) is 31.2 Å². The topological polar surface area (TPSA) is 51.2 Å². The van der Waals surface area contributed by atoms with Crippen LogP contribution in [0.15, 0.2) is 12.3 Å². The first-order valence-corrected chi connectivity index (χ1v) is 5.42. The average Bonchev–Trinajstić information content (AvgIpc) is 2.24. The van der Waals surface area contributed by atoms with Crippen molar-refractivity contribution in [3.8, 4) is 0 Å². The fraction of sp³-hybridized carbons (Fsp3) is 0.455. The number of amides is 1. The normalized spacial score (nSPS) is 10.2. The van der Waals surface area contributed by atoms with E-state index in [1.165, 1.54) is 6.20 Å². The number of rotatable bonds is 5. The maximum absolute atomic E-state index is 11.7. The molecule has 1 aromatic heterocycles. The SMILES string of the molecule is COCCCNC(=O)c1cnc(C)cc1Cl. The molecule has 1 heterocycles. The third-order valence-electron chi connectivity index (χ3n) is 2.05. The summed E-state index contributed by atoms with van der Waals surface area (Å²) in [4.78, 5) is 15.7. The van der Waals surface area contributed by atoms with Gasteiger partial charge in [0.2, 0.25) is 0 Å². The number of nitrogens with one attached hydrogen (secondary N) is 1. The molecule has 0 spiro atoms. The van der Waals surface area contributed by atoms with Crippen molar-refractivity contribution in [1.82, 2.24) is 10.3 Å². The Hall–Kier alpha value is -1.13. The highest BCUT2D eigenvalue weighted by atomic mass is 35.5. The summed E-state index contributed by atoms with van der Waals surface area (Å²) in [5.74, 6) is -0.200. The molecule has 1 aromatic rings. The van der Waals surface area contributed by atoms with Gasteiger partial charge in [0.05, 0.1) is 10.6 Å². The third kappa shape index (κ3) is 3.79. The summed E-state index contributed by atoms with van der Waals surface area (Å²) in [5.41, 5.74) is 1.20. The van der Waals surface area contributed by atoms with Crippen LogP contribution in [0.1, 0.15) is 22.5 Å². The van der Waals surface area contributed by atoms with Crippen molar-refractivity contribution >= 4 is 17.5 Å². The van der Waals surface area contributed by atoms with Crippen molar-refractivity contribution in [1.29, 1.82) is 0 Å². The summed E-state index contributed by atoms with van der Waals surface area (Å²) in [6, 6.07) is 1.67. The number of hydrogen-bond acceptors (Lipinski definition) is 3. The zero-order valence-corrected chi connectivity index (χ0v) is 10.2. The van der Waals surface area contributed by atoms with Crippen molar-refractivity contribution in [2.45, 2.75) is 13.3 Å². The van der Waals surface area contributed by atoms with Gasteiger partial charge in [-0.3, -0.25) is 9.78 Å². The van der Waals surface area contributed by atoms with E-state index in [1.807, 2.05) is 6.92 Å². The van der Waals surface area contributed by atoms with Gasteiger partial charge in [-0.2, -0.15) is 0 Å². The number of ether oxygens (including phenoxy) is 1. The standard InChI is InChI=1S/C11H15ClN2O2/c1-8-6-10(12)9(7-14-8)11(15)13-4-3-5-16-2/h6-7H,3-5H2,1-2H3,(H,13,15). The van der Waals surface area contributed by atoms with Gasteiger partial charge >= 0.3 is 0 Å². The second-order valence-electron chi connectivity index (χ2n) is 3.41. The van der Waals surface area contributed by atoms with Gasteiger partial charge in [-0.1, -0.05) is 11.6 Å². The summed E-state index contributed by atoms with van der Waals surface area (Å²) in [5, 5.41) is 3.18. The van der Waals surface area contributed by atoms with Crippen LogP contribution in [0.25, 0.3) is 0 Å². The number of methoxy groups -OCH3 is 1. The van der Waals surface area contributed by atoms with Gasteiger partial charge < -0.3 is 10.1 Å². The lowest BCUT2D eigenvalue weighted by Crippen LogP contribution is -2.25. The Bertz CT molecular complexity index is 369. The Morgan fingerprint density at radius 3 is 3.00 bits per heavy atom. The minimum Gasteiger partial charge on any atom is -0.385 e. The van der Waals surface area contributed by atoms with E-state index < -0.39 is 0 Å². The first-order chi connectivity index (χ1) is 7.65. The van der Waals surface area contributed by atoms with E-state index >= 15 is 0 Å². The molecule has 88 valence electrons. The molecule has 0 saturated carbocycles. The van der Waals surface area contributed by atoms with Crippen LogP contribution >= 0.6 is 11.6 Å². The molecule has 16 heavy (non-hydrogen) atoms. The van der Waals surface area contributed by atoms with Gasteiger partial charge in [0.15, 0.2) is 0 Å². The van der Waals surface area contributed by atoms with Crippen molar-refractivity contribution in [3.05, 3.63) is 28.5 Å². The largest absolute Gasteiger partial charge is 0.385 e. The number of carbonyl (C=O) groups excluding carboxylic acids is 1. The molecule has 0 saturated heterocycles. The molecule has 0 aliphatic carbocycles. The maximum atomic E-state index is 11.7. The molecule has 0 aliphatic heterocycles. The second kappa shape index (κ2) is 6.45. The van der Waals surface area contributed by atoms with Crippen molar-refractivity contribution in [3.63, 3.8) is 0 Å². The van der Waals surface area contributed by atoms with E-state index in [0.29, 0.717) is 23.7 Å². The third-order valence-corrected chi connectivity index (χ3v) is 2.36. The van der Waals surface area contributed by atoms with Gasteiger partial charge in [-0.25, -0.2) is 0 Å². The summed E-state index contributed by atoms with van der Waals surface area (Å²) < 4.78 is 4.88. The summed E-state index contributed by atoms with van der Waals surface area (Å²) in [7, 11) is 1.63. The first kappa shape index (κ1) is 12.9. The van der Waals surface area contributed by atoms with Crippen LogP contribution in [0.2, 0.25) is 5.02 Å². The summed E-state index contributed by atoms with van der Waals surface area (Å²) in [6.07, 6.45) is 2.27. The minimum absolute atomic E-state index is 0.200. The zero-order chi connectivity index (χ0) is 12.0. The van der Waals surface area contributed by atoms with Gasteiger partial charge in [-0.05, 0) is 19.4 Å². The quantitative estimate of drug-likeness (QED) is 0.802. The molecule has 0 bridgehead atoms. The molecule has 0 fully saturated rings. The maximum Gasteiger partial charge on any atom is 0.254 e. The van der Waals surface area contributed by atoms with E-state index in [2.05, 4.69) is 10.3 Å². The number of aryl methyl sites for hydroxylation is 1. The molecule has 1 N–H and O–H groups in total. The first-order valence-electron chi connectivity index (χ1n) is 5.04. The van der Waals surface area contributed by atoms with Crippen LogP contribution < -0.4 is 5.32 Å². The Kier molecular flexibility index (Phi) is 5.22.